The van der Waals surface area contributed by atoms with Crippen molar-refractivity contribution in [1.29, 1.82) is 0 Å². The van der Waals surface area contributed by atoms with Gasteiger partial charge in [-0.3, -0.25) is 4.57 Å². The van der Waals surface area contributed by atoms with Crippen molar-refractivity contribution in [2.45, 2.75) is 44.2 Å². The zero-order chi connectivity index (χ0) is 14.6. The number of hydrogen-bond acceptors (Lipinski definition) is 2. The summed E-state index contributed by atoms with van der Waals surface area (Å²) >= 11 is 0. The molecule has 112 valence electrons. The summed E-state index contributed by atoms with van der Waals surface area (Å²) in [5.41, 5.74) is 0.901. The summed E-state index contributed by atoms with van der Waals surface area (Å²) in [6, 6.07) is 7.03. The Hall–Kier alpha value is -0.800. The van der Waals surface area contributed by atoms with E-state index in [0.717, 1.165) is 31.2 Å². The van der Waals surface area contributed by atoms with Crippen molar-refractivity contribution >= 4 is 13.3 Å². The van der Waals surface area contributed by atoms with E-state index in [1.807, 2.05) is 12.1 Å². The molecule has 0 radical (unpaired) electrons. The van der Waals surface area contributed by atoms with Gasteiger partial charge in [0.05, 0.1) is 0 Å². The van der Waals surface area contributed by atoms with Crippen molar-refractivity contribution in [3.63, 3.8) is 0 Å². The zero-order valence-electron chi connectivity index (χ0n) is 11.1. The molecule has 1 atom stereocenters. The minimum Gasteiger partial charge on any atom is -0.318 e. The molecule has 1 aromatic carbocycles. The minimum absolute atomic E-state index is 0.295. The van der Waals surface area contributed by atoms with Gasteiger partial charge in [-0.25, -0.2) is 0 Å². The topological polar surface area (TPSA) is 26.3 Å². The van der Waals surface area contributed by atoms with Crippen LogP contribution in [-0.4, -0.2) is 12.8 Å². The summed E-state index contributed by atoms with van der Waals surface area (Å²) in [6.07, 6.45) is 0.988. The third kappa shape index (κ3) is 4.35. The number of benzene rings is 1. The van der Waals surface area contributed by atoms with Crippen LogP contribution in [0, 0.1) is 0 Å². The van der Waals surface area contributed by atoms with Gasteiger partial charge >= 0.3 is 6.18 Å². The summed E-state index contributed by atoms with van der Waals surface area (Å²) in [5.74, 6) is 0.295. The fourth-order valence-corrected chi connectivity index (χ4v) is 3.88. The van der Waals surface area contributed by atoms with Gasteiger partial charge in [-0.15, -0.1) is 0 Å². The van der Waals surface area contributed by atoms with Gasteiger partial charge < -0.3 is 4.52 Å². The fourth-order valence-electron chi connectivity index (χ4n) is 2.68. The van der Waals surface area contributed by atoms with Gasteiger partial charge in [-0.05, 0) is 30.4 Å². The van der Waals surface area contributed by atoms with Crippen LogP contribution in [0.5, 0.6) is 0 Å². The summed E-state index contributed by atoms with van der Waals surface area (Å²) in [4.78, 5) is 0. The van der Waals surface area contributed by atoms with Gasteiger partial charge in [0.15, 0.2) is 0 Å². The van der Waals surface area contributed by atoms with Gasteiger partial charge in [0.25, 0.3) is 0 Å². The normalized spacial score (nSPS) is 18.9. The molecule has 20 heavy (non-hydrogen) atoms. The lowest BCUT2D eigenvalue weighted by Crippen LogP contribution is -2.18. The monoisotopic (exact) mass is 306 g/mol. The highest BCUT2D eigenvalue weighted by Crippen LogP contribution is 2.36. The molecule has 1 aliphatic rings. The van der Waals surface area contributed by atoms with Crippen LogP contribution in [0.4, 0.5) is 13.2 Å². The molecule has 2 nitrogen and oxygen atoms in total. The summed E-state index contributed by atoms with van der Waals surface area (Å²) < 4.78 is 53.0. The third-order valence-electron chi connectivity index (χ3n) is 3.59. The van der Waals surface area contributed by atoms with Crippen LogP contribution in [0.15, 0.2) is 24.3 Å². The van der Waals surface area contributed by atoms with Crippen molar-refractivity contribution in [3.8, 4) is 0 Å². The molecule has 2 rings (SSSR count). The average molecular weight is 306 g/mol. The molecule has 1 saturated carbocycles. The molecule has 0 bridgehead atoms. The van der Waals surface area contributed by atoms with Gasteiger partial charge in [0, 0.05) is 5.30 Å². The van der Waals surface area contributed by atoms with E-state index in [-0.39, 0.29) is 0 Å². The van der Waals surface area contributed by atoms with E-state index in [9.17, 15) is 17.7 Å². The molecule has 0 heterocycles. The number of halogens is 3. The Morgan fingerprint density at radius 1 is 1.15 bits per heavy atom. The lowest BCUT2D eigenvalue weighted by Gasteiger charge is -2.24. The smallest absolute Gasteiger partial charge is 0.318 e. The Morgan fingerprint density at radius 2 is 1.80 bits per heavy atom. The maximum absolute atomic E-state index is 12.1. The Labute approximate surface area is 117 Å². The van der Waals surface area contributed by atoms with E-state index < -0.39 is 20.8 Å². The van der Waals surface area contributed by atoms with Crippen molar-refractivity contribution < 1.29 is 22.3 Å². The minimum atomic E-state index is -4.44. The lowest BCUT2D eigenvalue weighted by molar-refractivity contribution is -0.152. The molecular weight excluding hydrogens is 288 g/mol. The Kier molecular flexibility index (Phi) is 5.28. The first-order valence-electron chi connectivity index (χ1n) is 6.80. The SMILES string of the molecule is O=[PH](OCC(F)(F)F)c1ccccc1C1CCCCC1. The van der Waals surface area contributed by atoms with Crippen molar-refractivity contribution in [2.75, 3.05) is 6.61 Å². The molecule has 1 aliphatic carbocycles. The summed E-state index contributed by atoms with van der Waals surface area (Å²) in [5, 5.41) is 0.452. The molecule has 0 N–H and O–H groups in total. The molecule has 1 unspecified atom stereocenters. The lowest BCUT2D eigenvalue weighted by atomic mass is 9.84. The predicted molar refractivity (Wildman–Crippen MR) is 72.9 cm³/mol. The summed E-state index contributed by atoms with van der Waals surface area (Å²) in [7, 11) is -2.85. The van der Waals surface area contributed by atoms with Gasteiger partial charge in [0.2, 0.25) is 8.03 Å². The van der Waals surface area contributed by atoms with Crippen LogP contribution in [0.25, 0.3) is 0 Å². The Balaban J connectivity index is 2.12. The molecule has 0 aliphatic heterocycles. The third-order valence-corrected chi connectivity index (χ3v) is 4.89. The average Bonchev–Trinajstić information content (AvgIpc) is 2.45. The molecular formula is C14H18F3O2P. The highest BCUT2D eigenvalue weighted by molar-refractivity contribution is 7.48. The van der Waals surface area contributed by atoms with Gasteiger partial charge in [-0.2, -0.15) is 13.2 Å². The van der Waals surface area contributed by atoms with E-state index in [1.165, 1.54) is 6.42 Å². The standard InChI is InChI=1S/C14H18F3O2P/c15-14(16,17)10-19-20(18)13-9-5-4-8-12(13)11-6-2-1-3-7-11/h4-5,8-9,11,20H,1-3,6-7,10H2. The predicted octanol–water partition coefficient (Wildman–Crippen LogP) is 4.41. The van der Waals surface area contributed by atoms with E-state index >= 15 is 0 Å². The zero-order valence-corrected chi connectivity index (χ0v) is 12.1. The van der Waals surface area contributed by atoms with Gasteiger partial charge in [0.1, 0.15) is 6.61 Å². The molecule has 1 aromatic rings. The summed E-state index contributed by atoms with van der Waals surface area (Å²) in [6.45, 7) is -1.45. The molecule has 0 aromatic heterocycles. The first-order chi connectivity index (χ1) is 9.47. The molecule has 6 heteroatoms. The van der Waals surface area contributed by atoms with Crippen molar-refractivity contribution in [1.82, 2.24) is 0 Å². The van der Waals surface area contributed by atoms with E-state index in [1.54, 1.807) is 12.1 Å². The van der Waals surface area contributed by atoms with Crippen LogP contribution in [0.2, 0.25) is 0 Å². The Morgan fingerprint density at radius 3 is 2.45 bits per heavy atom. The van der Waals surface area contributed by atoms with Crippen LogP contribution in [0.3, 0.4) is 0 Å². The number of alkyl halides is 3. The quantitative estimate of drug-likeness (QED) is 0.770. The largest absolute Gasteiger partial charge is 0.412 e. The first-order valence-corrected chi connectivity index (χ1v) is 8.12. The second-order valence-electron chi connectivity index (χ2n) is 5.11. The van der Waals surface area contributed by atoms with Crippen molar-refractivity contribution in [3.05, 3.63) is 29.8 Å². The Bertz CT molecular complexity index is 468. The van der Waals surface area contributed by atoms with Gasteiger partial charge in [-0.1, -0.05) is 37.5 Å². The maximum atomic E-state index is 12.1. The molecule has 0 spiro atoms. The van der Waals surface area contributed by atoms with Crippen LogP contribution < -0.4 is 5.30 Å². The van der Waals surface area contributed by atoms with E-state index in [4.69, 9.17) is 0 Å². The highest BCUT2D eigenvalue weighted by Gasteiger charge is 2.29. The van der Waals surface area contributed by atoms with Crippen LogP contribution in [-0.2, 0) is 9.09 Å². The fraction of sp³-hybridized carbons (Fsp3) is 0.571. The number of rotatable bonds is 4. The molecule has 0 saturated heterocycles. The highest BCUT2D eigenvalue weighted by atomic mass is 31.1. The van der Waals surface area contributed by atoms with E-state index in [2.05, 4.69) is 4.52 Å². The van der Waals surface area contributed by atoms with Crippen LogP contribution >= 0.6 is 8.03 Å². The van der Waals surface area contributed by atoms with E-state index in [0.29, 0.717) is 11.2 Å². The molecule has 1 fully saturated rings. The second kappa shape index (κ2) is 6.77. The maximum Gasteiger partial charge on any atom is 0.412 e. The van der Waals surface area contributed by atoms with Crippen molar-refractivity contribution in [2.24, 2.45) is 0 Å². The second-order valence-corrected chi connectivity index (χ2v) is 6.52. The number of hydrogen-bond donors (Lipinski definition) is 0. The molecule has 0 amide bonds. The van der Waals surface area contributed by atoms with Crippen LogP contribution in [0.1, 0.15) is 43.6 Å². The first kappa shape index (κ1) is 15.6.